The van der Waals surface area contributed by atoms with Gasteiger partial charge in [-0.1, -0.05) is 30.3 Å². The summed E-state index contributed by atoms with van der Waals surface area (Å²) in [6, 6.07) is 18.1. The lowest BCUT2D eigenvalue weighted by molar-refractivity contribution is 0.618. The van der Waals surface area contributed by atoms with Gasteiger partial charge in [0.2, 0.25) is 0 Å². The van der Waals surface area contributed by atoms with E-state index in [1.807, 2.05) is 0 Å². The van der Waals surface area contributed by atoms with Crippen LogP contribution in [0.5, 0.6) is 0 Å². The van der Waals surface area contributed by atoms with E-state index in [1.165, 1.54) is 35.3 Å². The van der Waals surface area contributed by atoms with Crippen LogP contribution in [0.4, 0.5) is 11.4 Å². The van der Waals surface area contributed by atoms with E-state index in [2.05, 4.69) is 60.4 Å². The lowest BCUT2D eigenvalue weighted by Crippen LogP contribution is -2.33. The monoisotopic (exact) mass is 266 g/mol. The molecular formula is C18H22N2. The van der Waals surface area contributed by atoms with Crippen LogP contribution in [0.3, 0.4) is 0 Å². The molecule has 0 spiro atoms. The maximum absolute atomic E-state index is 5.62. The first-order valence-electron chi connectivity index (χ1n) is 7.46. The van der Waals surface area contributed by atoms with Crippen LogP contribution in [-0.4, -0.2) is 12.6 Å². The highest BCUT2D eigenvalue weighted by atomic mass is 15.2. The van der Waals surface area contributed by atoms with Gasteiger partial charge in [-0.2, -0.15) is 0 Å². The number of aryl methyl sites for hydroxylation is 1. The van der Waals surface area contributed by atoms with Crippen LogP contribution in [0.15, 0.2) is 48.5 Å². The van der Waals surface area contributed by atoms with Gasteiger partial charge in [0.25, 0.3) is 0 Å². The van der Waals surface area contributed by atoms with Crippen molar-refractivity contribution in [2.24, 2.45) is 5.73 Å². The summed E-state index contributed by atoms with van der Waals surface area (Å²) in [5.41, 5.74) is 11.0. The number of fused-ring (bicyclic) bond motifs is 1. The Morgan fingerprint density at radius 3 is 2.60 bits per heavy atom. The number of hydrogen-bond donors (Lipinski definition) is 1. The Morgan fingerprint density at radius 2 is 1.85 bits per heavy atom. The molecule has 0 aromatic heterocycles. The molecule has 3 rings (SSSR count). The topological polar surface area (TPSA) is 29.3 Å². The molecule has 2 aromatic rings. The first-order chi connectivity index (χ1) is 9.79. The van der Waals surface area contributed by atoms with Gasteiger partial charge in [-0.25, -0.2) is 0 Å². The summed E-state index contributed by atoms with van der Waals surface area (Å²) in [5.74, 6) is 0. The van der Waals surface area contributed by atoms with Crippen molar-refractivity contribution in [2.75, 3.05) is 11.4 Å². The Hall–Kier alpha value is -1.80. The minimum Gasteiger partial charge on any atom is -0.338 e. The van der Waals surface area contributed by atoms with Gasteiger partial charge < -0.3 is 10.6 Å². The van der Waals surface area contributed by atoms with E-state index >= 15 is 0 Å². The van der Waals surface area contributed by atoms with Gasteiger partial charge in [0.1, 0.15) is 0 Å². The maximum Gasteiger partial charge on any atom is 0.0445 e. The number of rotatable bonds is 3. The average molecular weight is 266 g/mol. The van der Waals surface area contributed by atoms with E-state index < -0.39 is 0 Å². The Labute approximate surface area is 121 Å². The molecule has 1 unspecified atom stereocenters. The van der Waals surface area contributed by atoms with Gasteiger partial charge in [-0.05, 0) is 62.1 Å². The highest BCUT2D eigenvalue weighted by Crippen LogP contribution is 2.36. The van der Waals surface area contributed by atoms with E-state index in [9.17, 15) is 0 Å². The zero-order valence-electron chi connectivity index (χ0n) is 12.0. The first-order valence-corrected chi connectivity index (χ1v) is 7.46. The second kappa shape index (κ2) is 5.68. The highest BCUT2D eigenvalue weighted by molar-refractivity contribution is 5.68. The molecule has 104 valence electrons. The number of hydrogen-bond acceptors (Lipinski definition) is 2. The molecule has 0 amide bonds. The predicted octanol–water partition coefficient (Wildman–Crippen LogP) is 3.66. The lowest BCUT2D eigenvalue weighted by atomic mass is 9.95. The fourth-order valence-electron chi connectivity index (χ4n) is 3.07. The minimum atomic E-state index is 0.547. The summed E-state index contributed by atoms with van der Waals surface area (Å²) in [6.07, 6.45) is 3.34. The SMILES string of the molecule is CC1CCc2ccccc2N1c1ccc(CCN)cc1. The molecule has 0 radical (unpaired) electrons. The molecule has 2 heteroatoms. The van der Waals surface area contributed by atoms with Gasteiger partial charge in [-0.15, -0.1) is 0 Å². The van der Waals surface area contributed by atoms with Crippen molar-refractivity contribution < 1.29 is 0 Å². The van der Waals surface area contributed by atoms with Crippen molar-refractivity contribution in [1.82, 2.24) is 0 Å². The van der Waals surface area contributed by atoms with E-state index in [1.54, 1.807) is 0 Å². The van der Waals surface area contributed by atoms with Crippen molar-refractivity contribution >= 4 is 11.4 Å². The van der Waals surface area contributed by atoms with Crippen LogP contribution in [0.1, 0.15) is 24.5 Å². The zero-order valence-corrected chi connectivity index (χ0v) is 12.0. The summed E-state index contributed by atoms with van der Waals surface area (Å²) < 4.78 is 0. The molecule has 0 saturated carbocycles. The Kier molecular flexibility index (Phi) is 3.75. The normalized spacial score (nSPS) is 17.9. The zero-order chi connectivity index (χ0) is 13.9. The fourth-order valence-corrected chi connectivity index (χ4v) is 3.07. The average Bonchev–Trinajstić information content (AvgIpc) is 2.49. The van der Waals surface area contributed by atoms with E-state index in [0.717, 1.165) is 6.42 Å². The first kappa shape index (κ1) is 13.2. The molecule has 1 aliphatic rings. The predicted molar refractivity (Wildman–Crippen MR) is 85.6 cm³/mol. The molecule has 1 aliphatic heterocycles. The van der Waals surface area contributed by atoms with Crippen LogP contribution in [0, 0.1) is 0 Å². The third kappa shape index (κ3) is 2.44. The van der Waals surface area contributed by atoms with Gasteiger partial charge in [0.05, 0.1) is 0 Å². The summed E-state index contributed by atoms with van der Waals surface area (Å²) >= 11 is 0. The van der Waals surface area contributed by atoms with Crippen LogP contribution in [0.2, 0.25) is 0 Å². The highest BCUT2D eigenvalue weighted by Gasteiger charge is 2.23. The summed E-state index contributed by atoms with van der Waals surface area (Å²) in [7, 11) is 0. The molecule has 1 heterocycles. The maximum atomic E-state index is 5.62. The number of benzene rings is 2. The molecule has 1 atom stereocenters. The van der Waals surface area contributed by atoms with Crippen LogP contribution < -0.4 is 10.6 Å². The molecule has 0 aliphatic carbocycles. The van der Waals surface area contributed by atoms with E-state index in [-0.39, 0.29) is 0 Å². The second-order valence-electron chi connectivity index (χ2n) is 5.59. The Balaban J connectivity index is 1.96. The molecular weight excluding hydrogens is 244 g/mol. The van der Waals surface area contributed by atoms with Crippen LogP contribution in [0.25, 0.3) is 0 Å². The molecule has 0 bridgehead atoms. The summed E-state index contributed by atoms with van der Waals surface area (Å²) in [4.78, 5) is 2.46. The van der Waals surface area contributed by atoms with Gasteiger partial charge in [-0.3, -0.25) is 0 Å². The number of para-hydroxylation sites is 1. The quantitative estimate of drug-likeness (QED) is 0.918. The van der Waals surface area contributed by atoms with Gasteiger partial charge in [0.15, 0.2) is 0 Å². The van der Waals surface area contributed by atoms with Crippen molar-refractivity contribution in [2.45, 2.75) is 32.2 Å². The molecule has 0 fully saturated rings. The van der Waals surface area contributed by atoms with E-state index in [4.69, 9.17) is 5.73 Å². The standard InChI is InChI=1S/C18H22N2/c1-14-6-9-16-4-2-3-5-18(16)20(14)17-10-7-15(8-11-17)12-13-19/h2-5,7-8,10-11,14H,6,9,12-13,19H2,1H3. The molecule has 2 nitrogen and oxygen atoms in total. The summed E-state index contributed by atoms with van der Waals surface area (Å²) in [5, 5.41) is 0. The van der Waals surface area contributed by atoms with Crippen molar-refractivity contribution in [3.8, 4) is 0 Å². The molecule has 2 N–H and O–H groups in total. The fraction of sp³-hybridized carbons (Fsp3) is 0.333. The van der Waals surface area contributed by atoms with E-state index in [0.29, 0.717) is 12.6 Å². The van der Waals surface area contributed by atoms with Gasteiger partial charge >= 0.3 is 0 Å². The summed E-state index contributed by atoms with van der Waals surface area (Å²) in [6.45, 7) is 3.02. The third-order valence-electron chi connectivity index (χ3n) is 4.17. The number of anilines is 2. The van der Waals surface area contributed by atoms with Crippen molar-refractivity contribution in [3.63, 3.8) is 0 Å². The van der Waals surface area contributed by atoms with Gasteiger partial charge in [0, 0.05) is 17.4 Å². The smallest absolute Gasteiger partial charge is 0.0445 e. The Bertz CT molecular complexity index is 574. The van der Waals surface area contributed by atoms with Crippen molar-refractivity contribution in [1.29, 1.82) is 0 Å². The lowest BCUT2D eigenvalue weighted by Gasteiger charge is -2.37. The third-order valence-corrected chi connectivity index (χ3v) is 4.17. The number of nitrogens with two attached hydrogens (primary N) is 1. The van der Waals surface area contributed by atoms with Crippen LogP contribution >= 0.6 is 0 Å². The molecule has 0 saturated heterocycles. The Morgan fingerprint density at radius 1 is 1.10 bits per heavy atom. The second-order valence-corrected chi connectivity index (χ2v) is 5.59. The minimum absolute atomic E-state index is 0.547. The van der Waals surface area contributed by atoms with Crippen molar-refractivity contribution in [3.05, 3.63) is 59.7 Å². The largest absolute Gasteiger partial charge is 0.338 e. The molecule has 2 aromatic carbocycles. The molecule has 20 heavy (non-hydrogen) atoms. The van der Waals surface area contributed by atoms with Crippen LogP contribution in [-0.2, 0) is 12.8 Å². The number of nitrogens with zero attached hydrogens (tertiary/aromatic N) is 1.